The van der Waals surface area contributed by atoms with E-state index in [0.717, 1.165) is 38.5 Å². The Labute approximate surface area is 228 Å². The van der Waals surface area contributed by atoms with E-state index in [4.69, 9.17) is 9.92 Å². The second kappa shape index (κ2) is 9.25. The molecule has 0 spiro atoms. The van der Waals surface area contributed by atoms with Crippen molar-refractivity contribution < 1.29 is 25.8 Å². The number of fused-ring (bicyclic) bond motifs is 7. The number of hydrogen-bond acceptors (Lipinski definition) is 4. The van der Waals surface area contributed by atoms with Crippen molar-refractivity contribution in [1.82, 2.24) is 0 Å². The number of allylic oxidation sites excluding steroid dienone is 3. The molecule has 0 aromatic carbocycles. The minimum absolute atomic E-state index is 0.000258. The van der Waals surface area contributed by atoms with Crippen LogP contribution in [0.15, 0.2) is 24.5 Å². The number of nitrogens with two attached hydrogens (primary N) is 1. The molecule has 8 heteroatoms. The number of hydrogen-bond donors (Lipinski definition) is 1. The molecule has 0 bridgehead atoms. The molecular weight excluding hydrogens is 511 g/mol. The molecule has 218 valence electrons. The van der Waals surface area contributed by atoms with Crippen LogP contribution in [0.1, 0.15) is 106 Å². The summed E-state index contributed by atoms with van der Waals surface area (Å²) < 4.78 is 67.7. The van der Waals surface area contributed by atoms with E-state index in [9.17, 15) is 21.6 Å². The third-order valence-electron chi connectivity index (χ3n) is 12.4. The standard InChI is InChI=1S/C27H42F3NO3S.C3H6/c1-22(2)19-10-14-25(5)20(23(19,3)13-11-21(22)34-35(32,33)27(28,29)30)9-8-17-18-7-6-12-26(18,31)16-15-24(17,25)4;1-3-2/h11,17-20H,6-10,12-16,31H2,1-5H3;3H,1H2,2H3/t17?,18-,19?,20?,23?,24-,25?,26?;/m1./s1. The molecule has 8 atom stereocenters. The molecule has 0 aromatic heterocycles. The lowest BCUT2D eigenvalue weighted by atomic mass is 9.33. The number of alkyl halides is 3. The van der Waals surface area contributed by atoms with Crippen LogP contribution >= 0.6 is 0 Å². The fourth-order valence-electron chi connectivity index (χ4n) is 10.5. The Morgan fingerprint density at radius 3 is 2.18 bits per heavy atom. The summed E-state index contributed by atoms with van der Waals surface area (Å²) in [5, 5.41) is 0. The lowest BCUT2D eigenvalue weighted by Crippen LogP contribution is -2.66. The van der Waals surface area contributed by atoms with Crippen molar-refractivity contribution >= 4 is 10.1 Å². The van der Waals surface area contributed by atoms with Gasteiger partial charge in [0.05, 0.1) is 0 Å². The van der Waals surface area contributed by atoms with E-state index in [1.54, 1.807) is 12.2 Å². The van der Waals surface area contributed by atoms with Crippen LogP contribution in [0.25, 0.3) is 0 Å². The SMILES string of the molecule is C=CC.CC1(C)C(OS(=O)(=O)C(F)(F)F)=CCC2(C)C1CCC1(C)C2CCC2[C@H]3CCCC3(N)CC[C@]21C. The summed E-state index contributed by atoms with van der Waals surface area (Å²) in [6, 6.07) is 0. The molecule has 0 saturated heterocycles. The Balaban J connectivity index is 0.00000107. The molecule has 2 N–H and O–H groups in total. The van der Waals surface area contributed by atoms with E-state index in [1.807, 2.05) is 20.8 Å². The number of halogens is 3. The van der Waals surface area contributed by atoms with Gasteiger partial charge >= 0.3 is 15.6 Å². The first-order chi connectivity index (χ1) is 17.3. The molecule has 0 aromatic rings. The van der Waals surface area contributed by atoms with Crippen LogP contribution in [-0.4, -0.2) is 19.5 Å². The molecule has 4 nitrogen and oxygen atoms in total. The van der Waals surface area contributed by atoms with Gasteiger partial charge in [0.15, 0.2) is 0 Å². The quantitative estimate of drug-likeness (QED) is 0.211. The van der Waals surface area contributed by atoms with Crippen molar-refractivity contribution in [2.24, 2.45) is 51.1 Å². The van der Waals surface area contributed by atoms with Crippen LogP contribution in [0.2, 0.25) is 0 Å². The summed E-state index contributed by atoms with van der Waals surface area (Å²) in [4.78, 5) is 0. The molecule has 4 fully saturated rings. The molecule has 5 rings (SSSR count). The van der Waals surface area contributed by atoms with Crippen LogP contribution < -0.4 is 5.73 Å². The Morgan fingerprint density at radius 1 is 0.947 bits per heavy atom. The van der Waals surface area contributed by atoms with Gasteiger partial charge in [0.25, 0.3) is 0 Å². The fourth-order valence-corrected chi connectivity index (χ4v) is 11.1. The topological polar surface area (TPSA) is 69.4 Å². The molecule has 5 aliphatic rings. The second-order valence-electron chi connectivity index (χ2n) is 14.3. The van der Waals surface area contributed by atoms with Crippen molar-refractivity contribution in [2.75, 3.05) is 0 Å². The highest BCUT2D eigenvalue weighted by molar-refractivity contribution is 7.87. The van der Waals surface area contributed by atoms with E-state index in [-0.39, 0.29) is 33.5 Å². The predicted octanol–water partition coefficient (Wildman–Crippen LogP) is 8.11. The minimum atomic E-state index is -5.68. The van der Waals surface area contributed by atoms with Crippen LogP contribution in [-0.2, 0) is 14.3 Å². The molecule has 0 amide bonds. The van der Waals surface area contributed by atoms with Crippen LogP contribution in [0.4, 0.5) is 13.2 Å². The highest BCUT2D eigenvalue weighted by Crippen LogP contribution is 2.75. The fraction of sp³-hybridized carbons (Fsp3) is 0.867. The van der Waals surface area contributed by atoms with Crippen LogP contribution in [0.5, 0.6) is 0 Å². The summed E-state index contributed by atoms with van der Waals surface area (Å²) in [7, 11) is -5.68. The molecule has 0 heterocycles. The zero-order valence-electron chi connectivity index (χ0n) is 24.1. The second-order valence-corrected chi connectivity index (χ2v) is 15.8. The van der Waals surface area contributed by atoms with Crippen LogP contribution in [0, 0.1) is 45.3 Å². The summed E-state index contributed by atoms with van der Waals surface area (Å²) >= 11 is 0. The maximum Gasteiger partial charge on any atom is 0.534 e. The predicted molar refractivity (Wildman–Crippen MR) is 145 cm³/mol. The number of rotatable bonds is 2. The zero-order valence-corrected chi connectivity index (χ0v) is 24.9. The van der Waals surface area contributed by atoms with E-state index >= 15 is 0 Å². The van der Waals surface area contributed by atoms with Gasteiger partial charge in [0.2, 0.25) is 0 Å². The lowest BCUT2D eigenvalue weighted by Gasteiger charge is -2.71. The Bertz CT molecular complexity index is 1080. The summed E-state index contributed by atoms with van der Waals surface area (Å²) in [5.41, 5.74) is 0.942. The first-order valence-corrected chi connectivity index (χ1v) is 15.8. The van der Waals surface area contributed by atoms with Gasteiger partial charge in [0, 0.05) is 11.0 Å². The summed E-state index contributed by atoms with van der Waals surface area (Å²) in [5.74, 6) is 1.67. The van der Waals surface area contributed by atoms with Gasteiger partial charge < -0.3 is 9.92 Å². The van der Waals surface area contributed by atoms with E-state index in [1.165, 1.54) is 19.3 Å². The van der Waals surface area contributed by atoms with Gasteiger partial charge in [-0.1, -0.05) is 47.1 Å². The van der Waals surface area contributed by atoms with Crippen molar-refractivity contribution in [3.8, 4) is 0 Å². The van der Waals surface area contributed by atoms with Crippen molar-refractivity contribution in [2.45, 2.75) is 117 Å². The molecule has 6 unspecified atom stereocenters. The van der Waals surface area contributed by atoms with E-state index in [2.05, 4.69) is 27.4 Å². The highest BCUT2D eigenvalue weighted by Gasteiger charge is 2.69. The van der Waals surface area contributed by atoms with Crippen molar-refractivity contribution in [1.29, 1.82) is 0 Å². The first kappa shape index (κ1) is 30.0. The smallest absolute Gasteiger partial charge is 0.380 e. The molecule has 0 aliphatic heterocycles. The van der Waals surface area contributed by atoms with Gasteiger partial charge in [-0.25, -0.2) is 0 Å². The van der Waals surface area contributed by atoms with E-state index in [0.29, 0.717) is 24.2 Å². The third-order valence-corrected chi connectivity index (χ3v) is 13.4. The van der Waals surface area contributed by atoms with Gasteiger partial charge in [-0.2, -0.15) is 21.6 Å². The molecule has 0 radical (unpaired) electrons. The average Bonchev–Trinajstić information content (AvgIpc) is 3.18. The lowest BCUT2D eigenvalue weighted by molar-refractivity contribution is -0.218. The average molecular weight is 560 g/mol. The van der Waals surface area contributed by atoms with Crippen LogP contribution in [0.3, 0.4) is 0 Å². The summed E-state index contributed by atoms with van der Waals surface area (Å²) in [6.45, 7) is 16.3. The normalized spacial score (nSPS) is 45.7. The van der Waals surface area contributed by atoms with Gasteiger partial charge in [-0.15, -0.1) is 6.58 Å². The van der Waals surface area contributed by atoms with Gasteiger partial charge in [-0.3, -0.25) is 0 Å². The monoisotopic (exact) mass is 559 g/mol. The molecule has 5 aliphatic carbocycles. The largest absolute Gasteiger partial charge is 0.534 e. The zero-order chi connectivity index (χ0) is 28.6. The molecular formula is C30H48F3NO3S. The maximum absolute atomic E-state index is 13.1. The Hall–Kier alpha value is -1.02. The van der Waals surface area contributed by atoms with Gasteiger partial charge in [0.1, 0.15) is 5.76 Å². The highest BCUT2D eigenvalue weighted by atomic mass is 32.2. The van der Waals surface area contributed by atoms with Gasteiger partial charge in [-0.05, 0) is 111 Å². The first-order valence-electron chi connectivity index (χ1n) is 14.4. The van der Waals surface area contributed by atoms with Crippen molar-refractivity contribution in [3.63, 3.8) is 0 Å². The maximum atomic E-state index is 13.1. The van der Waals surface area contributed by atoms with E-state index < -0.39 is 21.0 Å². The summed E-state index contributed by atoms with van der Waals surface area (Å²) in [6.07, 6.45) is 14.0. The van der Waals surface area contributed by atoms with Crippen molar-refractivity contribution in [3.05, 3.63) is 24.5 Å². The molecule has 38 heavy (non-hydrogen) atoms. The minimum Gasteiger partial charge on any atom is -0.380 e. The Kier molecular flexibility index (Phi) is 7.29. The third kappa shape index (κ3) is 4.12. The Morgan fingerprint density at radius 2 is 1.58 bits per heavy atom. The molecule has 4 saturated carbocycles.